The van der Waals surface area contributed by atoms with Gasteiger partial charge in [-0.25, -0.2) is 4.68 Å². The summed E-state index contributed by atoms with van der Waals surface area (Å²) < 4.78 is 3.70. The molecular formula is C10H19N3O. The summed E-state index contributed by atoms with van der Waals surface area (Å²) in [6.07, 6.45) is 0.933. The topological polar surface area (TPSA) is 52.9 Å². The van der Waals surface area contributed by atoms with E-state index in [1.54, 1.807) is 4.68 Å². The fourth-order valence-corrected chi connectivity index (χ4v) is 1.69. The zero-order chi connectivity index (χ0) is 10.9. The van der Waals surface area contributed by atoms with E-state index < -0.39 is 0 Å². The van der Waals surface area contributed by atoms with Crippen molar-refractivity contribution in [1.82, 2.24) is 9.36 Å². The standard InChI is InChI=1S/C10H19N3O/c1-5-7(3)13-10(14)9(11)8(4)12(13)6-2/h7H,5-6,11H2,1-4H3. The molecule has 0 aliphatic heterocycles. The minimum atomic E-state index is -0.0568. The maximum Gasteiger partial charge on any atom is 0.290 e. The predicted molar refractivity (Wildman–Crippen MR) is 58.5 cm³/mol. The van der Waals surface area contributed by atoms with Crippen molar-refractivity contribution in [3.05, 3.63) is 16.0 Å². The molecule has 1 heterocycles. The zero-order valence-corrected chi connectivity index (χ0v) is 9.37. The summed E-state index contributed by atoms with van der Waals surface area (Å²) in [5.41, 5.74) is 6.92. The Morgan fingerprint density at radius 3 is 2.43 bits per heavy atom. The molecule has 0 saturated carbocycles. The van der Waals surface area contributed by atoms with Crippen LogP contribution in [0.25, 0.3) is 0 Å². The summed E-state index contributed by atoms with van der Waals surface area (Å²) in [6, 6.07) is 0.207. The van der Waals surface area contributed by atoms with E-state index in [9.17, 15) is 4.79 Å². The third-order valence-electron chi connectivity index (χ3n) is 2.78. The number of nitrogen functional groups attached to an aromatic ring is 1. The van der Waals surface area contributed by atoms with E-state index in [1.807, 2.05) is 25.5 Å². The Bertz CT molecular complexity index is 375. The van der Waals surface area contributed by atoms with Crippen molar-refractivity contribution in [2.45, 2.75) is 46.7 Å². The zero-order valence-electron chi connectivity index (χ0n) is 9.37. The third-order valence-corrected chi connectivity index (χ3v) is 2.78. The lowest BCUT2D eigenvalue weighted by Crippen LogP contribution is -2.26. The molecule has 2 N–H and O–H groups in total. The lowest BCUT2D eigenvalue weighted by atomic mass is 10.3. The first-order chi connectivity index (χ1) is 6.54. The van der Waals surface area contributed by atoms with E-state index in [-0.39, 0.29) is 11.6 Å². The van der Waals surface area contributed by atoms with E-state index in [4.69, 9.17) is 5.73 Å². The van der Waals surface area contributed by atoms with Gasteiger partial charge in [0.2, 0.25) is 0 Å². The van der Waals surface area contributed by atoms with Crippen molar-refractivity contribution in [2.24, 2.45) is 0 Å². The number of rotatable bonds is 3. The Kier molecular flexibility index (Phi) is 3.03. The Morgan fingerprint density at radius 2 is 2.00 bits per heavy atom. The maximum atomic E-state index is 11.8. The number of nitrogens with zero attached hydrogens (tertiary/aromatic N) is 2. The Hall–Kier alpha value is -1.19. The average Bonchev–Trinajstić information content (AvgIpc) is 2.41. The lowest BCUT2D eigenvalue weighted by Gasteiger charge is -2.16. The lowest BCUT2D eigenvalue weighted by molar-refractivity contribution is 0.375. The molecule has 1 aromatic rings. The molecule has 1 rings (SSSR count). The molecule has 4 heteroatoms. The number of aromatic nitrogens is 2. The summed E-state index contributed by atoms with van der Waals surface area (Å²) in [4.78, 5) is 11.8. The average molecular weight is 197 g/mol. The van der Waals surface area contributed by atoms with Gasteiger partial charge in [0.25, 0.3) is 5.56 Å². The molecule has 80 valence electrons. The highest BCUT2D eigenvalue weighted by Gasteiger charge is 2.16. The Balaban J connectivity index is 3.40. The highest BCUT2D eigenvalue weighted by molar-refractivity contribution is 5.40. The fraction of sp³-hybridized carbons (Fsp3) is 0.700. The van der Waals surface area contributed by atoms with E-state index >= 15 is 0 Å². The smallest absolute Gasteiger partial charge is 0.290 e. The van der Waals surface area contributed by atoms with E-state index in [1.165, 1.54) is 0 Å². The van der Waals surface area contributed by atoms with Gasteiger partial charge in [-0.15, -0.1) is 0 Å². The van der Waals surface area contributed by atoms with Crippen LogP contribution in [0.2, 0.25) is 0 Å². The van der Waals surface area contributed by atoms with Crippen LogP contribution in [-0.4, -0.2) is 9.36 Å². The second-order valence-corrected chi connectivity index (χ2v) is 3.62. The highest BCUT2D eigenvalue weighted by Crippen LogP contribution is 2.13. The van der Waals surface area contributed by atoms with Gasteiger partial charge in [0.1, 0.15) is 5.69 Å². The molecule has 0 amide bonds. The third kappa shape index (κ3) is 1.45. The van der Waals surface area contributed by atoms with Gasteiger partial charge in [-0.05, 0) is 27.2 Å². The largest absolute Gasteiger partial charge is 0.393 e. The van der Waals surface area contributed by atoms with Crippen molar-refractivity contribution in [1.29, 1.82) is 0 Å². The highest BCUT2D eigenvalue weighted by atomic mass is 16.1. The summed E-state index contributed by atoms with van der Waals surface area (Å²) >= 11 is 0. The summed E-state index contributed by atoms with van der Waals surface area (Å²) in [5, 5.41) is 0. The van der Waals surface area contributed by atoms with Crippen LogP contribution in [0.15, 0.2) is 4.79 Å². The fourth-order valence-electron chi connectivity index (χ4n) is 1.69. The number of nitrogens with two attached hydrogens (primary N) is 1. The van der Waals surface area contributed by atoms with Crippen LogP contribution in [0.4, 0.5) is 5.69 Å². The van der Waals surface area contributed by atoms with E-state index in [0.29, 0.717) is 5.69 Å². The van der Waals surface area contributed by atoms with Crippen LogP contribution >= 0.6 is 0 Å². The predicted octanol–water partition coefficient (Wildman–Crippen LogP) is 1.53. The number of hydrogen-bond acceptors (Lipinski definition) is 2. The first-order valence-electron chi connectivity index (χ1n) is 5.11. The van der Waals surface area contributed by atoms with Gasteiger partial charge in [-0.3, -0.25) is 9.48 Å². The van der Waals surface area contributed by atoms with Gasteiger partial charge in [-0.1, -0.05) is 6.92 Å². The van der Waals surface area contributed by atoms with Gasteiger partial charge in [0, 0.05) is 6.54 Å². The van der Waals surface area contributed by atoms with Crippen LogP contribution < -0.4 is 11.3 Å². The van der Waals surface area contributed by atoms with Crippen molar-refractivity contribution in [3.8, 4) is 0 Å². The molecule has 4 nitrogen and oxygen atoms in total. The van der Waals surface area contributed by atoms with Crippen molar-refractivity contribution in [2.75, 3.05) is 5.73 Å². The molecule has 0 aliphatic carbocycles. The summed E-state index contributed by atoms with van der Waals surface area (Å²) in [5.74, 6) is 0. The van der Waals surface area contributed by atoms with Crippen LogP contribution in [0.1, 0.15) is 38.9 Å². The normalized spacial score (nSPS) is 13.1. The Morgan fingerprint density at radius 1 is 1.43 bits per heavy atom. The van der Waals surface area contributed by atoms with Crippen LogP contribution in [0.5, 0.6) is 0 Å². The van der Waals surface area contributed by atoms with Gasteiger partial charge in [-0.2, -0.15) is 0 Å². The Labute approximate surface area is 84.3 Å². The van der Waals surface area contributed by atoms with Crippen molar-refractivity contribution in [3.63, 3.8) is 0 Å². The van der Waals surface area contributed by atoms with Crippen molar-refractivity contribution < 1.29 is 0 Å². The second-order valence-electron chi connectivity index (χ2n) is 3.62. The first kappa shape index (κ1) is 10.9. The van der Waals surface area contributed by atoms with Crippen molar-refractivity contribution >= 4 is 5.69 Å². The number of anilines is 1. The summed E-state index contributed by atoms with van der Waals surface area (Å²) in [6.45, 7) is 8.79. The monoisotopic (exact) mass is 197 g/mol. The first-order valence-corrected chi connectivity index (χ1v) is 5.11. The van der Waals surface area contributed by atoms with Crippen LogP contribution in [-0.2, 0) is 6.54 Å². The molecule has 0 bridgehead atoms. The molecule has 0 aromatic carbocycles. The SMILES string of the molecule is CCC(C)n1c(=O)c(N)c(C)n1CC. The molecule has 1 aromatic heterocycles. The molecule has 1 atom stereocenters. The van der Waals surface area contributed by atoms with Gasteiger partial charge in [0.15, 0.2) is 0 Å². The molecule has 0 spiro atoms. The number of hydrogen-bond donors (Lipinski definition) is 1. The molecular weight excluding hydrogens is 178 g/mol. The van der Waals surface area contributed by atoms with Crippen LogP contribution in [0.3, 0.4) is 0 Å². The van der Waals surface area contributed by atoms with E-state index in [2.05, 4.69) is 6.92 Å². The minimum absolute atomic E-state index is 0.0568. The van der Waals surface area contributed by atoms with Gasteiger partial charge < -0.3 is 5.73 Å². The van der Waals surface area contributed by atoms with Gasteiger partial charge >= 0.3 is 0 Å². The quantitative estimate of drug-likeness (QED) is 0.799. The van der Waals surface area contributed by atoms with E-state index in [0.717, 1.165) is 18.7 Å². The molecule has 0 saturated heterocycles. The summed E-state index contributed by atoms with van der Waals surface area (Å²) in [7, 11) is 0. The maximum absolute atomic E-state index is 11.8. The van der Waals surface area contributed by atoms with Crippen LogP contribution in [0, 0.1) is 6.92 Å². The molecule has 0 radical (unpaired) electrons. The molecule has 1 unspecified atom stereocenters. The molecule has 14 heavy (non-hydrogen) atoms. The minimum Gasteiger partial charge on any atom is -0.393 e. The molecule has 0 aliphatic rings. The van der Waals surface area contributed by atoms with Gasteiger partial charge in [0.05, 0.1) is 11.7 Å². The second kappa shape index (κ2) is 3.90. The molecule has 0 fully saturated rings.